The van der Waals surface area contributed by atoms with Crippen molar-refractivity contribution in [3.05, 3.63) is 0 Å². The predicted molar refractivity (Wildman–Crippen MR) is 49.3 cm³/mol. The Hall–Kier alpha value is 0.210. The van der Waals surface area contributed by atoms with Crippen LogP contribution >= 0.6 is 12.4 Å². The van der Waals surface area contributed by atoms with Crippen LogP contribution in [-0.4, -0.2) is 25.2 Å². The highest BCUT2D eigenvalue weighted by Crippen LogP contribution is 2.19. The van der Waals surface area contributed by atoms with E-state index in [4.69, 9.17) is 0 Å². The average molecular weight is 177 g/mol. The first kappa shape index (κ1) is 9.30. The lowest BCUT2D eigenvalue weighted by Gasteiger charge is -2.29. The molecule has 0 amide bonds. The first-order valence-electron chi connectivity index (χ1n) is 4.42. The Morgan fingerprint density at radius 3 is 2.36 bits per heavy atom. The van der Waals surface area contributed by atoms with Crippen LogP contribution in [0, 0.1) is 0 Å². The minimum Gasteiger partial charge on any atom is -0.315 e. The van der Waals surface area contributed by atoms with Crippen LogP contribution in [-0.2, 0) is 0 Å². The minimum atomic E-state index is 0. The van der Waals surface area contributed by atoms with Crippen LogP contribution in [0.25, 0.3) is 0 Å². The zero-order valence-electron chi connectivity index (χ0n) is 6.81. The van der Waals surface area contributed by atoms with Gasteiger partial charge in [0, 0.05) is 18.6 Å². The molecular weight excluding hydrogens is 160 g/mol. The Morgan fingerprint density at radius 1 is 1.09 bits per heavy atom. The molecule has 3 heteroatoms. The molecule has 1 atom stereocenters. The maximum Gasteiger partial charge on any atom is 0.0207 e. The van der Waals surface area contributed by atoms with E-state index in [9.17, 15) is 0 Å². The van der Waals surface area contributed by atoms with Gasteiger partial charge in [0.2, 0.25) is 0 Å². The van der Waals surface area contributed by atoms with E-state index >= 15 is 0 Å². The molecule has 1 aliphatic carbocycles. The molecule has 1 heterocycles. The summed E-state index contributed by atoms with van der Waals surface area (Å²) in [7, 11) is 0. The van der Waals surface area contributed by atoms with E-state index in [0.29, 0.717) is 0 Å². The Morgan fingerprint density at radius 2 is 1.91 bits per heavy atom. The van der Waals surface area contributed by atoms with Crippen LogP contribution in [0.2, 0.25) is 0 Å². The molecule has 1 aliphatic heterocycles. The van der Waals surface area contributed by atoms with Gasteiger partial charge in [0.15, 0.2) is 0 Å². The van der Waals surface area contributed by atoms with Crippen LogP contribution in [0.5, 0.6) is 0 Å². The van der Waals surface area contributed by atoms with Gasteiger partial charge in [-0.15, -0.1) is 12.4 Å². The number of nitrogens with one attached hydrogen (secondary N) is 2. The highest BCUT2D eigenvalue weighted by atomic mass is 35.5. The average Bonchev–Trinajstić information content (AvgIpc) is 2.29. The highest BCUT2D eigenvalue weighted by Gasteiger charge is 2.22. The maximum atomic E-state index is 3.65. The molecule has 66 valence electrons. The fraction of sp³-hybridized carbons (Fsp3) is 1.00. The Kier molecular flexibility index (Phi) is 3.63. The zero-order chi connectivity index (χ0) is 6.81. The predicted octanol–water partition coefficient (Wildman–Crippen LogP) is 0.912. The van der Waals surface area contributed by atoms with Crippen LogP contribution in [0.1, 0.15) is 25.7 Å². The smallest absolute Gasteiger partial charge is 0.0207 e. The Labute approximate surface area is 74.5 Å². The monoisotopic (exact) mass is 176 g/mol. The van der Waals surface area contributed by atoms with E-state index in [-0.39, 0.29) is 12.4 Å². The van der Waals surface area contributed by atoms with Crippen LogP contribution < -0.4 is 10.6 Å². The summed E-state index contributed by atoms with van der Waals surface area (Å²) in [6, 6.07) is 1.65. The van der Waals surface area contributed by atoms with Gasteiger partial charge in [-0.05, 0) is 25.8 Å². The lowest BCUT2D eigenvalue weighted by atomic mass is 9.92. The molecule has 1 saturated heterocycles. The molecular formula is C8H17ClN2. The third kappa shape index (κ3) is 2.32. The Bertz CT molecular complexity index is 109. The second-order valence-corrected chi connectivity index (χ2v) is 3.48. The van der Waals surface area contributed by atoms with E-state index < -0.39 is 0 Å². The van der Waals surface area contributed by atoms with E-state index in [1.807, 2.05) is 0 Å². The summed E-state index contributed by atoms with van der Waals surface area (Å²) in [6.07, 6.45) is 5.60. The molecule has 2 rings (SSSR count). The number of hydrogen-bond acceptors (Lipinski definition) is 2. The first-order valence-corrected chi connectivity index (χ1v) is 4.42. The second-order valence-electron chi connectivity index (χ2n) is 3.48. The third-order valence-electron chi connectivity index (χ3n) is 2.64. The van der Waals surface area contributed by atoms with Crippen molar-refractivity contribution < 1.29 is 0 Å². The summed E-state index contributed by atoms with van der Waals surface area (Å²) in [4.78, 5) is 0. The van der Waals surface area contributed by atoms with Crippen molar-refractivity contribution in [2.75, 3.05) is 13.1 Å². The molecule has 2 aliphatic rings. The lowest BCUT2D eigenvalue weighted by molar-refractivity contribution is 0.310. The van der Waals surface area contributed by atoms with E-state index in [1.165, 1.54) is 38.8 Å². The fourth-order valence-electron chi connectivity index (χ4n) is 1.71. The highest BCUT2D eigenvalue weighted by molar-refractivity contribution is 5.85. The molecule has 0 aromatic heterocycles. The molecule has 0 spiro atoms. The first-order chi connectivity index (χ1) is 4.95. The lowest BCUT2D eigenvalue weighted by Crippen LogP contribution is -2.43. The summed E-state index contributed by atoms with van der Waals surface area (Å²) in [5.74, 6) is 0. The van der Waals surface area contributed by atoms with Crippen molar-refractivity contribution >= 4 is 12.4 Å². The van der Waals surface area contributed by atoms with Gasteiger partial charge in [-0.1, -0.05) is 6.42 Å². The van der Waals surface area contributed by atoms with E-state index in [2.05, 4.69) is 10.6 Å². The van der Waals surface area contributed by atoms with Crippen molar-refractivity contribution in [1.29, 1.82) is 0 Å². The normalized spacial score (nSPS) is 31.1. The number of hydrogen-bond donors (Lipinski definition) is 2. The van der Waals surface area contributed by atoms with Gasteiger partial charge in [0.05, 0.1) is 0 Å². The third-order valence-corrected chi connectivity index (χ3v) is 2.64. The molecule has 11 heavy (non-hydrogen) atoms. The van der Waals surface area contributed by atoms with Crippen LogP contribution in [0.15, 0.2) is 0 Å². The van der Waals surface area contributed by atoms with Gasteiger partial charge in [0.25, 0.3) is 0 Å². The maximum absolute atomic E-state index is 3.65. The van der Waals surface area contributed by atoms with Crippen LogP contribution in [0.4, 0.5) is 0 Å². The quantitative estimate of drug-likeness (QED) is 0.654. The summed E-state index contributed by atoms with van der Waals surface area (Å²) in [6.45, 7) is 2.40. The number of halogens is 1. The van der Waals surface area contributed by atoms with Gasteiger partial charge in [-0.25, -0.2) is 0 Å². The standard InChI is InChI=1S/C8H16N2.ClH/c1-2-7(3-1)10-8-4-5-9-6-8;/h7-10H,1-6H2;1H. The van der Waals surface area contributed by atoms with Crippen LogP contribution in [0.3, 0.4) is 0 Å². The molecule has 2 nitrogen and oxygen atoms in total. The van der Waals surface area contributed by atoms with Gasteiger partial charge in [-0.2, -0.15) is 0 Å². The zero-order valence-corrected chi connectivity index (χ0v) is 7.62. The molecule has 2 N–H and O–H groups in total. The molecule has 1 saturated carbocycles. The SMILES string of the molecule is C1CC(NC2CCNC2)C1.Cl. The second kappa shape index (κ2) is 4.29. The van der Waals surface area contributed by atoms with E-state index in [0.717, 1.165) is 12.1 Å². The number of rotatable bonds is 2. The van der Waals surface area contributed by atoms with Crippen molar-refractivity contribution in [2.45, 2.75) is 37.8 Å². The molecule has 0 aromatic carbocycles. The summed E-state index contributed by atoms with van der Waals surface area (Å²) in [5.41, 5.74) is 0. The van der Waals surface area contributed by atoms with Crippen molar-refractivity contribution in [3.8, 4) is 0 Å². The molecule has 0 radical (unpaired) electrons. The van der Waals surface area contributed by atoms with E-state index in [1.54, 1.807) is 0 Å². The van der Waals surface area contributed by atoms with Gasteiger partial charge in [-0.3, -0.25) is 0 Å². The topological polar surface area (TPSA) is 24.1 Å². The van der Waals surface area contributed by atoms with Gasteiger partial charge < -0.3 is 10.6 Å². The van der Waals surface area contributed by atoms with Gasteiger partial charge >= 0.3 is 0 Å². The molecule has 0 bridgehead atoms. The Balaban J connectivity index is 0.000000605. The van der Waals surface area contributed by atoms with Crippen molar-refractivity contribution in [2.24, 2.45) is 0 Å². The summed E-state index contributed by atoms with van der Waals surface area (Å²) < 4.78 is 0. The summed E-state index contributed by atoms with van der Waals surface area (Å²) >= 11 is 0. The fourth-order valence-corrected chi connectivity index (χ4v) is 1.71. The largest absolute Gasteiger partial charge is 0.315 e. The molecule has 2 fully saturated rings. The summed E-state index contributed by atoms with van der Waals surface area (Å²) in [5, 5.41) is 7.02. The molecule has 1 unspecified atom stereocenters. The van der Waals surface area contributed by atoms with Crippen molar-refractivity contribution in [3.63, 3.8) is 0 Å². The van der Waals surface area contributed by atoms with Crippen molar-refractivity contribution in [1.82, 2.24) is 10.6 Å². The minimum absolute atomic E-state index is 0. The van der Waals surface area contributed by atoms with Gasteiger partial charge in [0.1, 0.15) is 0 Å². The molecule has 0 aromatic rings.